The monoisotopic (exact) mass is 541 g/mol. The number of nitrogens with one attached hydrogen (secondary N) is 1. The third-order valence-corrected chi connectivity index (χ3v) is 7.30. The van der Waals surface area contributed by atoms with Gasteiger partial charge in [-0.25, -0.2) is 4.68 Å². The Morgan fingerprint density at radius 1 is 0.854 bits per heavy atom. The quantitative estimate of drug-likeness (QED) is 0.265. The minimum absolute atomic E-state index is 0.159. The summed E-state index contributed by atoms with van der Waals surface area (Å²) < 4.78 is 1.80. The van der Waals surface area contributed by atoms with Gasteiger partial charge in [0.05, 0.1) is 12.1 Å². The first-order chi connectivity index (χ1) is 20.0. The number of pyridine rings is 2. The highest BCUT2D eigenvalue weighted by molar-refractivity contribution is 5.83. The lowest BCUT2D eigenvalue weighted by atomic mass is 9.99. The zero-order valence-corrected chi connectivity index (χ0v) is 23.1. The lowest BCUT2D eigenvalue weighted by Crippen LogP contribution is -2.35. The highest BCUT2D eigenvalue weighted by atomic mass is 16.1. The van der Waals surface area contributed by atoms with Crippen molar-refractivity contribution in [3.05, 3.63) is 153 Å². The van der Waals surface area contributed by atoms with Crippen molar-refractivity contribution in [3.63, 3.8) is 0 Å². The highest BCUT2D eigenvalue weighted by Gasteiger charge is 2.31. The van der Waals surface area contributed by atoms with E-state index in [-0.39, 0.29) is 5.56 Å². The molecule has 1 atom stereocenters. The van der Waals surface area contributed by atoms with Crippen molar-refractivity contribution in [2.75, 3.05) is 0 Å². The molecule has 1 N–H and O–H groups in total. The first-order valence-corrected chi connectivity index (χ1v) is 13.7. The zero-order chi connectivity index (χ0) is 28.2. The van der Waals surface area contributed by atoms with Crippen LogP contribution >= 0.6 is 0 Å². The summed E-state index contributed by atoms with van der Waals surface area (Å²) in [6.07, 6.45) is 3.63. The van der Waals surface area contributed by atoms with Gasteiger partial charge >= 0.3 is 0 Å². The van der Waals surface area contributed by atoms with Gasteiger partial charge in [0, 0.05) is 31.0 Å². The van der Waals surface area contributed by atoms with E-state index in [1.807, 2.05) is 79.9 Å². The molecule has 0 aliphatic heterocycles. The van der Waals surface area contributed by atoms with Crippen LogP contribution in [0.3, 0.4) is 0 Å². The number of tetrazole rings is 1. The summed E-state index contributed by atoms with van der Waals surface area (Å²) in [4.78, 5) is 23.7. The molecule has 0 saturated heterocycles. The van der Waals surface area contributed by atoms with Crippen LogP contribution in [0.25, 0.3) is 10.9 Å². The van der Waals surface area contributed by atoms with Crippen molar-refractivity contribution in [1.29, 1.82) is 0 Å². The molecule has 41 heavy (non-hydrogen) atoms. The second kappa shape index (κ2) is 11.7. The fourth-order valence-corrected chi connectivity index (χ4v) is 5.46. The van der Waals surface area contributed by atoms with Crippen LogP contribution in [0, 0.1) is 13.8 Å². The number of benzene rings is 3. The minimum atomic E-state index is -0.539. The summed E-state index contributed by atoms with van der Waals surface area (Å²) in [7, 11) is 0. The maximum atomic E-state index is 13.9. The molecule has 3 aromatic heterocycles. The second-order valence-electron chi connectivity index (χ2n) is 10.4. The number of hydrogen-bond donors (Lipinski definition) is 1. The van der Waals surface area contributed by atoms with Crippen LogP contribution < -0.4 is 5.56 Å². The Morgan fingerprint density at radius 2 is 1.56 bits per heavy atom. The predicted molar refractivity (Wildman–Crippen MR) is 159 cm³/mol. The van der Waals surface area contributed by atoms with E-state index < -0.39 is 6.04 Å². The van der Waals surface area contributed by atoms with Crippen LogP contribution in [0.15, 0.2) is 108 Å². The Balaban J connectivity index is 1.54. The molecule has 3 aromatic carbocycles. The molecule has 0 spiro atoms. The maximum absolute atomic E-state index is 13.9. The Morgan fingerprint density at radius 3 is 2.29 bits per heavy atom. The second-order valence-corrected chi connectivity index (χ2v) is 10.4. The van der Waals surface area contributed by atoms with Gasteiger partial charge in [0.15, 0.2) is 5.82 Å². The Labute approximate surface area is 238 Å². The van der Waals surface area contributed by atoms with E-state index in [0.29, 0.717) is 31.0 Å². The van der Waals surface area contributed by atoms with Crippen LogP contribution in [0.1, 0.15) is 45.2 Å². The van der Waals surface area contributed by atoms with Gasteiger partial charge in [0.25, 0.3) is 5.56 Å². The highest BCUT2D eigenvalue weighted by Crippen LogP contribution is 2.31. The Hall–Kier alpha value is -4.95. The van der Waals surface area contributed by atoms with Gasteiger partial charge < -0.3 is 4.98 Å². The number of hydrogen-bond acceptors (Lipinski definition) is 6. The van der Waals surface area contributed by atoms with Crippen molar-refractivity contribution in [1.82, 2.24) is 35.1 Å². The molecule has 6 aromatic rings. The molecule has 0 aliphatic carbocycles. The minimum Gasteiger partial charge on any atom is -0.321 e. The summed E-state index contributed by atoms with van der Waals surface area (Å²) in [6.45, 7) is 5.68. The van der Waals surface area contributed by atoms with Gasteiger partial charge in [-0.2, -0.15) is 0 Å². The largest absolute Gasteiger partial charge is 0.321 e. The molecule has 204 valence electrons. The normalized spacial score (nSPS) is 12.2. The van der Waals surface area contributed by atoms with E-state index in [2.05, 4.69) is 61.6 Å². The number of aromatic nitrogens is 6. The van der Waals surface area contributed by atoms with Crippen molar-refractivity contribution in [3.8, 4) is 0 Å². The van der Waals surface area contributed by atoms with Gasteiger partial charge in [0.2, 0.25) is 0 Å². The molecule has 0 saturated carbocycles. The lowest BCUT2D eigenvalue weighted by Gasteiger charge is -2.31. The zero-order valence-electron chi connectivity index (χ0n) is 23.1. The summed E-state index contributed by atoms with van der Waals surface area (Å²) in [5, 5.41) is 14.0. The lowest BCUT2D eigenvalue weighted by molar-refractivity contribution is 0.194. The van der Waals surface area contributed by atoms with E-state index in [1.54, 1.807) is 10.9 Å². The van der Waals surface area contributed by atoms with Crippen molar-refractivity contribution in [2.45, 2.75) is 39.5 Å². The number of nitrogens with zero attached hydrogens (tertiary/aromatic N) is 6. The van der Waals surface area contributed by atoms with Crippen molar-refractivity contribution < 1.29 is 0 Å². The molecule has 0 bridgehead atoms. The topological polar surface area (TPSA) is 92.6 Å². The molecule has 0 fully saturated rings. The standard InChI is InChI=1S/C33H31N7O/c1-23-16-24(2)30-28(17-23)18-29(33(41)35-30)31(32-36-37-38-40(32)22-26-12-7-4-8-13-26)39(20-25-10-5-3-6-11-25)21-27-14-9-15-34-19-27/h3-19,31H,20-22H2,1-2H3,(H,35,41). The molecular formula is C33H31N7O. The summed E-state index contributed by atoms with van der Waals surface area (Å²) in [5.74, 6) is 0.600. The third kappa shape index (κ3) is 5.83. The summed E-state index contributed by atoms with van der Waals surface area (Å²) >= 11 is 0. The van der Waals surface area contributed by atoms with Gasteiger partial charge in [0.1, 0.15) is 6.04 Å². The average molecular weight is 542 g/mol. The van der Waals surface area contributed by atoms with Crippen LogP contribution in [0.4, 0.5) is 0 Å². The fraction of sp³-hybridized carbons (Fsp3) is 0.182. The van der Waals surface area contributed by atoms with Crippen LogP contribution in [0.5, 0.6) is 0 Å². The number of fused-ring (bicyclic) bond motifs is 1. The number of aryl methyl sites for hydroxylation is 2. The molecule has 0 aliphatic rings. The molecule has 0 amide bonds. The molecule has 8 heteroatoms. The predicted octanol–water partition coefficient (Wildman–Crippen LogP) is 5.37. The summed E-state index contributed by atoms with van der Waals surface area (Å²) in [6, 6.07) is 30.0. The van der Waals surface area contributed by atoms with E-state index >= 15 is 0 Å². The van der Waals surface area contributed by atoms with Gasteiger partial charge in [-0.1, -0.05) is 78.4 Å². The van der Waals surface area contributed by atoms with E-state index in [0.717, 1.165) is 38.7 Å². The number of aromatic amines is 1. The third-order valence-electron chi connectivity index (χ3n) is 7.30. The number of H-pyrrole nitrogens is 1. The molecule has 0 radical (unpaired) electrons. The Bertz CT molecular complexity index is 1770. The van der Waals surface area contributed by atoms with E-state index in [9.17, 15) is 4.79 Å². The molecular weight excluding hydrogens is 510 g/mol. The van der Waals surface area contributed by atoms with Crippen molar-refractivity contribution in [2.24, 2.45) is 0 Å². The molecule has 8 nitrogen and oxygen atoms in total. The SMILES string of the molecule is Cc1cc(C)c2[nH]c(=O)c(C(c3nnnn3Cc3ccccc3)N(Cc3ccccc3)Cc3cccnc3)cc2c1. The fourth-order valence-electron chi connectivity index (χ4n) is 5.46. The average Bonchev–Trinajstić information content (AvgIpc) is 3.43. The molecule has 1 unspecified atom stereocenters. The van der Waals surface area contributed by atoms with Crippen molar-refractivity contribution >= 4 is 10.9 Å². The number of rotatable bonds is 9. The molecule has 3 heterocycles. The van der Waals surface area contributed by atoms with Gasteiger partial charge in [-0.15, -0.1) is 5.10 Å². The van der Waals surface area contributed by atoms with Crippen LogP contribution in [-0.4, -0.2) is 35.1 Å². The van der Waals surface area contributed by atoms with Gasteiger partial charge in [-0.3, -0.25) is 14.7 Å². The maximum Gasteiger partial charge on any atom is 0.253 e. The van der Waals surface area contributed by atoms with Gasteiger partial charge in [-0.05, 0) is 70.1 Å². The molecule has 6 rings (SSSR count). The first kappa shape index (κ1) is 26.3. The Kier molecular flexibility index (Phi) is 7.47. The summed E-state index contributed by atoms with van der Waals surface area (Å²) in [5.41, 5.74) is 6.65. The van der Waals surface area contributed by atoms with Crippen LogP contribution in [-0.2, 0) is 19.6 Å². The first-order valence-electron chi connectivity index (χ1n) is 13.7. The van der Waals surface area contributed by atoms with Crippen LogP contribution in [0.2, 0.25) is 0 Å². The smallest absolute Gasteiger partial charge is 0.253 e. The van der Waals surface area contributed by atoms with E-state index in [4.69, 9.17) is 0 Å². The van der Waals surface area contributed by atoms with E-state index in [1.165, 1.54) is 0 Å².